The molecule has 234 valence electrons. The minimum absolute atomic E-state index is 0.0417. The van der Waals surface area contributed by atoms with Gasteiger partial charge in [0, 0.05) is 59.6 Å². The molecule has 0 saturated carbocycles. The van der Waals surface area contributed by atoms with Crippen LogP contribution in [0.25, 0.3) is 10.9 Å². The van der Waals surface area contributed by atoms with Crippen LogP contribution in [0.2, 0.25) is 5.15 Å². The van der Waals surface area contributed by atoms with Crippen LogP contribution in [0.1, 0.15) is 52.1 Å². The number of nitrogen functional groups attached to an aromatic ring is 2. The fourth-order valence-corrected chi connectivity index (χ4v) is 7.23. The molecule has 45 heavy (non-hydrogen) atoms. The predicted octanol–water partition coefficient (Wildman–Crippen LogP) is 3.42. The average molecular weight is 649 g/mol. The van der Waals surface area contributed by atoms with Crippen molar-refractivity contribution in [1.29, 1.82) is 0 Å². The highest BCUT2D eigenvalue weighted by molar-refractivity contribution is 7.89. The summed E-state index contributed by atoms with van der Waals surface area (Å²) in [6, 6.07) is 14.0. The van der Waals surface area contributed by atoms with E-state index >= 15 is 0 Å². The van der Waals surface area contributed by atoms with Crippen molar-refractivity contribution in [2.45, 2.75) is 42.5 Å². The molecule has 12 nitrogen and oxygen atoms in total. The van der Waals surface area contributed by atoms with Crippen molar-refractivity contribution >= 4 is 55.9 Å². The summed E-state index contributed by atoms with van der Waals surface area (Å²) in [5.74, 6) is -0.772. The van der Waals surface area contributed by atoms with Gasteiger partial charge in [-0.25, -0.2) is 23.1 Å². The van der Waals surface area contributed by atoms with Crippen LogP contribution < -0.4 is 21.5 Å². The summed E-state index contributed by atoms with van der Waals surface area (Å²) in [6.45, 7) is 1.19. The summed E-state index contributed by atoms with van der Waals surface area (Å²) in [5.41, 5.74) is 14.2. The van der Waals surface area contributed by atoms with Gasteiger partial charge in [-0.3, -0.25) is 9.59 Å². The first-order chi connectivity index (χ1) is 21.5. The number of nitrogens with one attached hydrogen (secondary N) is 3. The molecule has 2 aliphatic heterocycles. The Morgan fingerprint density at radius 1 is 1.04 bits per heavy atom. The Kier molecular flexibility index (Phi) is 8.25. The molecule has 14 heteroatoms. The molecule has 0 radical (unpaired) electrons. The second-order valence-corrected chi connectivity index (χ2v) is 13.5. The minimum atomic E-state index is -3.82. The van der Waals surface area contributed by atoms with E-state index in [4.69, 9.17) is 23.1 Å². The maximum absolute atomic E-state index is 13.4. The molecule has 1 spiro atoms. The van der Waals surface area contributed by atoms with E-state index in [-0.39, 0.29) is 45.4 Å². The highest BCUT2D eigenvalue weighted by Gasteiger charge is 2.40. The Morgan fingerprint density at radius 2 is 1.82 bits per heavy atom. The van der Waals surface area contributed by atoms with Gasteiger partial charge in [-0.1, -0.05) is 35.9 Å². The molecule has 0 bridgehead atoms. The third-order valence-corrected chi connectivity index (χ3v) is 10.2. The lowest BCUT2D eigenvalue weighted by Gasteiger charge is -2.39. The lowest BCUT2D eigenvalue weighted by atomic mass is 9.86. The normalized spacial score (nSPS) is 17.2. The number of H-pyrrole nitrogens is 1. The number of fused-ring (bicyclic) bond motifs is 1. The summed E-state index contributed by atoms with van der Waals surface area (Å²) < 4.78 is 28.8. The van der Waals surface area contributed by atoms with Crippen LogP contribution in [0, 0.1) is 0 Å². The number of carbonyl (C=O) groups excluding carboxylic acids is 2. The second kappa shape index (κ2) is 12.1. The Bertz CT molecular complexity index is 1930. The van der Waals surface area contributed by atoms with Gasteiger partial charge in [0.1, 0.15) is 0 Å². The van der Waals surface area contributed by atoms with Crippen LogP contribution in [0.3, 0.4) is 0 Å². The largest absolute Gasteiger partial charge is 0.383 e. The van der Waals surface area contributed by atoms with Gasteiger partial charge < -0.3 is 26.7 Å². The number of para-hydroxylation sites is 1. The van der Waals surface area contributed by atoms with Crippen molar-refractivity contribution < 1.29 is 18.0 Å². The van der Waals surface area contributed by atoms with Crippen molar-refractivity contribution in [1.82, 2.24) is 29.9 Å². The highest BCUT2D eigenvalue weighted by atomic mass is 35.5. The molecule has 7 N–H and O–H groups in total. The summed E-state index contributed by atoms with van der Waals surface area (Å²) in [6.07, 6.45) is 6.68. The quantitative estimate of drug-likeness (QED) is 0.141. The van der Waals surface area contributed by atoms with Gasteiger partial charge in [-0.2, -0.15) is 0 Å². The number of hydrogen-bond donors (Lipinski definition) is 5. The molecule has 2 aliphatic rings. The fourth-order valence-electron chi connectivity index (χ4n) is 6.03. The number of likely N-dealkylation sites (tertiary alicyclic amines) is 1. The summed E-state index contributed by atoms with van der Waals surface area (Å²) in [5, 5.41) is 4.46. The molecule has 0 atom stereocenters. The average Bonchev–Trinajstić information content (AvgIpc) is 3.62. The van der Waals surface area contributed by atoms with Crippen molar-refractivity contribution in [3.05, 3.63) is 88.5 Å². The zero-order valence-corrected chi connectivity index (χ0v) is 25.9. The molecule has 1 amide bonds. The molecule has 2 saturated heterocycles. The van der Waals surface area contributed by atoms with E-state index in [1.165, 1.54) is 18.2 Å². The number of sulfonamides is 1. The Labute approximate surface area is 265 Å². The molecule has 4 heterocycles. The first-order valence-corrected chi connectivity index (χ1v) is 16.5. The van der Waals surface area contributed by atoms with E-state index in [2.05, 4.69) is 25.0 Å². The second-order valence-electron chi connectivity index (χ2n) is 11.4. The molecule has 2 aromatic carbocycles. The van der Waals surface area contributed by atoms with Crippen molar-refractivity contribution in [2.75, 3.05) is 31.1 Å². The standard InChI is InChI=1S/C31H33ClN8O4S/c32-27-29(34)38-28(33)26(37-27)25(41)17-21-8-10-31(39-21)11-14-40(15-12-31)30(42)19-4-3-5-22(16-19)45(43,44)36-13-9-20-18-35-24-7-2-1-6-23(20)24/h1-7,16-18,35-36,39H,8-15H2,(H4,33,34,38)/b21-17+. The van der Waals surface area contributed by atoms with E-state index < -0.39 is 15.8 Å². The number of rotatable bonds is 8. The van der Waals surface area contributed by atoms with Crippen LogP contribution in [0.15, 0.2) is 71.4 Å². The third kappa shape index (κ3) is 6.37. The molecule has 0 aliphatic carbocycles. The zero-order chi connectivity index (χ0) is 31.8. The number of amides is 1. The predicted molar refractivity (Wildman–Crippen MR) is 172 cm³/mol. The molecular formula is C31H33ClN8O4S. The molecule has 2 aromatic heterocycles. The number of piperidine rings is 1. The van der Waals surface area contributed by atoms with E-state index in [1.807, 2.05) is 30.5 Å². The van der Waals surface area contributed by atoms with Crippen LogP contribution in [0.5, 0.6) is 0 Å². The van der Waals surface area contributed by atoms with Gasteiger partial charge in [-0.05, 0) is 61.9 Å². The number of carbonyl (C=O) groups is 2. The van der Waals surface area contributed by atoms with Crippen LogP contribution in [-0.4, -0.2) is 65.1 Å². The van der Waals surface area contributed by atoms with E-state index in [0.717, 1.165) is 28.6 Å². The van der Waals surface area contributed by atoms with Crippen molar-refractivity contribution in [3.63, 3.8) is 0 Å². The molecule has 2 fully saturated rings. The van der Waals surface area contributed by atoms with Crippen LogP contribution in [0.4, 0.5) is 11.6 Å². The molecule has 0 unspecified atom stereocenters. The molecular weight excluding hydrogens is 616 g/mol. The number of ketones is 1. The lowest BCUT2D eigenvalue weighted by Crippen LogP contribution is -2.51. The minimum Gasteiger partial charge on any atom is -0.383 e. The van der Waals surface area contributed by atoms with Crippen LogP contribution >= 0.6 is 11.6 Å². The third-order valence-electron chi connectivity index (χ3n) is 8.50. The topological polar surface area (TPSA) is 189 Å². The number of benzene rings is 2. The van der Waals surface area contributed by atoms with Gasteiger partial charge in [-0.15, -0.1) is 0 Å². The number of halogens is 1. The number of nitrogens with two attached hydrogens (primary N) is 2. The number of allylic oxidation sites excluding steroid dienone is 2. The zero-order valence-electron chi connectivity index (χ0n) is 24.3. The van der Waals surface area contributed by atoms with E-state index in [1.54, 1.807) is 17.0 Å². The summed E-state index contributed by atoms with van der Waals surface area (Å²) in [4.78, 5) is 39.1. The first kappa shape index (κ1) is 30.6. The Morgan fingerprint density at radius 3 is 2.62 bits per heavy atom. The van der Waals surface area contributed by atoms with Gasteiger partial charge in [0.15, 0.2) is 22.5 Å². The highest BCUT2D eigenvalue weighted by Crippen LogP contribution is 2.35. The Hall–Kier alpha value is -4.46. The van der Waals surface area contributed by atoms with Gasteiger partial charge in [0.2, 0.25) is 15.8 Å². The van der Waals surface area contributed by atoms with E-state index in [9.17, 15) is 18.0 Å². The SMILES string of the molecule is Nc1nc(N)c(C(=O)/C=C2\CCC3(CCN(C(=O)c4cccc(S(=O)(=O)NCCc5c[nH]c6ccccc56)c4)CC3)N2)nc1Cl. The van der Waals surface area contributed by atoms with Gasteiger partial charge in [0.25, 0.3) is 5.91 Å². The number of hydrogen-bond acceptors (Lipinski definition) is 9. The number of aromatic nitrogens is 3. The lowest BCUT2D eigenvalue weighted by molar-refractivity contribution is 0.0659. The maximum atomic E-state index is 13.4. The molecule has 6 rings (SSSR count). The maximum Gasteiger partial charge on any atom is 0.253 e. The van der Waals surface area contributed by atoms with Crippen LogP contribution in [-0.2, 0) is 16.4 Å². The molecule has 4 aromatic rings. The number of nitrogens with zero attached hydrogens (tertiary/aromatic N) is 3. The van der Waals surface area contributed by atoms with Crippen molar-refractivity contribution in [3.8, 4) is 0 Å². The summed E-state index contributed by atoms with van der Waals surface area (Å²) >= 11 is 5.92. The number of aromatic amines is 1. The Balaban J connectivity index is 1.05. The number of anilines is 2. The fraction of sp³-hybridized carbons (Fsp3) is 0.290. The summed E-state index contributed by atoms with van der Waals surface area (Å²) in [7, 11) is -3.82. The van der Waals surface area contributed by atoms with E-state index in [0.29, 0.717) is 44.3 Å². The van der Waals surface area contributed by atoms with Gasteiger partial charge in [0.05, 0.1) is 4.90 Å². The van der Waals surface area contributed by atoms with Crippen molar-refractivity contribution in [2.24, 2.45) is 0 Å². The smallest absolute Gasteiger partial charge is 0.253 e. The monoisotopic (exact) mass is 648 g/mol. The first-order valence-electron chi connectivity index (χ1n) is 14.6. The van der Waals surface area contributed by atoms with Gasteiger partial charge >= 0.3 is 0 Å².